The number of carbonyl (C=O) groups excluding carboxylic acids is 3. The van der Waals surface area contributed by atoms with Crippen molar-refractivity contribution in [3.63, 3.8) is 0 Å². The van der Waals surface area contributed by atoms with Gasteiger partial charge in [-0.05, 0) is 82.9 Å². The van der Waals surface area contributed by atoms with E-state index in [1.807, 2.05) is 31.4 Å². The smallest absolute Gasteiger partial charge is 0.408 e. The fourth-order valence-corrected chi connectivity index (χ4v) is 4.68. The quantitative estimate of drug-likeness (QED) is 0.206. The minimum atomic E-state index is -0.944. The summed E-state index contributed by atoms with van der Waals surface area (Å²) < 4.78 is 5.48. The van der Waals surface area contributed by atoms with Crippen LogP contribution in [-0.2, 0) is 14.3 Å². The Morgan fingerprint density at radius 1 is 1.10 bits per heavy atom. The molecule has 3 unspecified atom stereocenters. The first-order valence-corrected chi connectivity index (χ1v) is 15.4. The van der Waals surface area contributed by atoms with Crippen molar-refractivity contribution in [3.8, 4) is 12.3 Å². The normalized spacial score (nSPS) is 13.6. The van der Waals surface area contributed by atoms with Gasteiger partial charge in [-0.25, -0.2) is 4.79 Å². The second-order valence-corrected chi connectivity index (χ2v) is 12.3. The van der Waals surface area contributed by atoms with Gasteiger partial charge in [0.15, 0.2) is 0 Å². The van der Waals surface area contributed by atoms with Gasteiger partial charge in [-0.3, -0.25) is 9.59 Å². The molecule has 1 aromatic carbocycles. The summed E-state index contributed by atoms with van der Waals surface area (Å²) in [5, 5.41) is 5.82. The zero-order valence-corrected chi connectivity index (χ0v) is 26.0. The number of thioether (sulfide) groups is 1. The lowest BCUT2D eigenvalue weighted by molar-refractivity contribution is -0.145. The summed E-state index contributed by atoms with van der Waals surface area (Å²) in [5.41, 5.74) is 0.442. The van der Waals surface area contributed by atoms with Crippen molar-refractivity contribution in [2.75, 3.05) is 18.6 Å². The molecule has 0 aliphatic carbocycles. The highest BCUT2D eigenvalue weighted by Crippen LogP contribution is 2.30. The van der Waals surface area contributed by atoms with E-state index in [9.17, 15) is 14.4 Å². The molecule has 0 spiro atoms. The van der Waals surface area contributed by atoms with Gasteiger partial charge < -0.3 is 20.3 Å². The Labute approximate surface area is 240 Å². The molecule has 1 rings (SSSR count). The molecular weight excluding hydrogens is 510 g/mol. The molecule has 218 valence electrons. The summed E-state index contributed by atoms with van der Waals surface area (Å²) in [7, 11) is 0. The highest BCUT2D eigenvalue weighted by molar-refractivity contribution is 7.98. The van der Waals surface area contributed by atoms with Crippen LogP contribution in [0.1, 0.15) is 97.7 Å². The van der Waals surface area contributed by atoms with Crippen LogP contribution in [0.15, 0.2) is 24.3 Å². The Morgan fingerprint density at radius 2 is 1.77 bits per heavy atom. The van der Waals surface area contributed by atoms with Gasteiger partial charge >= 0.3 is 6.09 Å². The van der Waals surface area contributed by atoms with Crippen molar-refractivity contribution < 1.29 is 19.1 Å². The second kappa shape index (κ2) is 17.1. The van der Waals surface area contributed by atoms with E-state index in [1.165, 1.54) is 0 Å². The van der Waals surface area contributed by atoms with E-state index in [0.717, 1.165) is 19.3 Å². The zero-order valence-electron chi connectivity index (χ0n) is 25.1. The molecule has 0 fully saturated rings. The summed E-state index contributed by atoms with van der Waals surface area (Å²) in [6, 6.07) is 5.15. The predicted molar refractivity (Wildman–Crippen MR) is 162 cm³/mol. The zero-order chi connectivity index (χ0) is 29.6. The highest BCUT2D eigenvalue weighted by Gasteiger charge is 2.39. The van der Waals surface area contributed by atoms with Crippen LogP contribution in [0.25, 0.3) is 0 Å². The van der Waals surface area contributed by atoms with Gasteiger partial charge in [0.25, 0.3) is 0 Å². The topological polar surface area (TPSA) is 87.7 Å². The summed E-state index contributed by atoms with van der Waals surface area (Å²) in [6.45, 7) is 14.1. The van der Waals surface area contributed by atoms with Crippen molar-refractivity contribution in [1.29, 1.82) is 0 Å². The Hall–Kier alpha value is -2.66. The molecule has 0 bridgehead atoms. The van der Waals surface area contributed by atoms with Crippen molar-refractivity contribution in [2.45, 2.75) is 104 Å². The summed E-state index contributed by atoms with van der Waals surface area (Å²) in [4.78, 5) is 42.6. The van der Waals surface area contributed by atoms with Crippen LogP contribution in [0.5, 0.6) is 0 Å². The molecule has 0 saturated carbocycles. The van der Waals surface area contributed by atoms with Crippen molar-refractivity contribution >= 4 is 29.7 Å². The van der Waals surface area contributed by atoms with Crippen LogP contribution >= 0.6 is 11.8 Å². The molecule has 39 heavy (non-hydrogen) atoms. The molecule has 0 radical (unpaired) electrons. The predicted octanol–water partition coefficient (Wildman–Crippen LogP) is 5.93. The third-order valence-corrected chi connectivity index (χ3v) is 6.90. The maximum absolute atomic E-state index is 14.4. The van der Waals surface area contributed by atoms with E-state index in [0.29, 0.717) is 42.2 Å². The number of carbonyl (C=O) groups is 3. The van der Waals surface area contributed by atoms with Crippen LogP contribution in [0.3, 0.4) is 0 Å². The summed E-state index contributed by atoms with van der Waals surface area (Å²) >= 11 is 1.58. The van der Waals surface area contributed by atoms with Crippen molar-refractivity contribution in [2.24, 2.45) is 5.92 Å². The van der Waals surface area contributed by atoms with Gasteiger partial charge in [-0.1, -0.05) is 51.3 Å². The molecule has 0 saturated heterocycles. The molecule has 1 aromatic rings. The first kappa shape index (κ1) is 34.4. The van der Waals surface area contributed by atoms with Crippen molar-refractivity contribution in [1.82, 2.24) is 15.5 Å². The number of nitrogens with zero attached hydrogens (tertiary/aromatic N) is 1. The molecule has 3 atom stereocenters. The van der Waals surface area contributed by atoms with E-state index in [2.05, 4.69) is 37.3 Å². The van der Waals surface area contributed by atoms with Crippen LogP contribution in [0.2, 0.25) is 0 Å². The standard InChI is InChI=1S/C31H49N3O4S/c1-10-12-20-32-28(35)27(25-16-14-13-15-24(25)11-2)34(23(5)18-17-22(3)4)29(36)26(19-21-39-9)33-30(37)38-31(6,7)8/h2,13-16,22-23,26-27H,10,12,17-21H2,1,3-9H3,(H,32,35)(H,33,37). The van der Waals surface area contributed by atoms with E-state index in [1.54, 1.807) is 43.5 Å². The largest absolute Gasteiger partial charge is 0.444 e. The minimum Gasteiger partial charge on any atom is -0.444 e. The maximum atomic E-state index is 14.4. The highest BCUT2D eigenvalue weighted by atomic mass is 32.2. The molecule has 0 aromatic heterocycles. The summed E-state index contributed by atoms with van der Waals surface area (Å²) in [6.07, 6.45) is 10.9. The average Bonchev–Trinajstić information content (AvgIpc) is 2.86. The number of ether oxygens (including phenoxy) is 1. The fourth-order valence-electron chi connectivity index (χ4n) is 4.20. The number of hydrogen-bond donors (Lipinski definition) is 2. The Morgan fingerprint density at radius 3 is 2.33 bits per heavy atom. The third kappa shape index (κ3) is 11.9. The number of hydrogen-bond acceptors (Lipinski definition) is 5. The van der Waals surface area contributed by atoms with Gasteiger partial charge in [0, 0.05) is 18.2 Å². The van der Waals surface area contributed by atoms with Crippen LogP contribution in [0.4, 0.5) is 4.79 Å². The van der Waals surface area contributed by atoms with Gasteiger partial charge in [-0.2, -0.15) is 11.8 Å². The Balaban J connectivity index is 3.65. The van der Waals surface area contributed by atoms with E-state index in [4.69, 9.17) is 11.2 Å². The number of benzene rings is 1. The molecule has 3 amide bonds. The lowest BCUT2D eigenvalue weighted by Crippen LogP contribution is -2.56. The molecule has 0 heterocycles. The molecule has 2 N–H and O–H groups in total. The van der Waals surface area contributed by atoms with Gasteiger partial charge in [-0.15, -0.1) is 6.42 Å². The fraction of sp³-hybridized carbons (Fsp3) is 0.645. The third-order valence-electron chi connectivity index (χ3n) is 6.26. The lowest BCUT2D eigenvalue weighted by Gasteiger charge is -2.39. The molecule has 7 nitrogen and oxygen atoms in total. The van der Waals surface area contributed by atoms with Gasteiger partial charge in [0.05, 0.1) is 0 Å². The van der Waals surface area contributed by atoms with Crippen LogP contribution < -0.4 is 10.6 Å². The van der Waals surface area contributed by atoms with Crippen LogP contribution in [-0.4, -0.2) is 59.0 Å². The molecule has 0 aliphatic heterocycles. The lowest BCUT2D eigenvalue weighted by atomic mass is 9.94. The molecule has 8 heteroatoms. The minimum absolute atomic E-state index is 0.281. The second-order valence-electron chi connectivity index (χ2n) is 11.3. The number of unbranched alkanes of at least 4 members (excludes halogenated alkanes) is 1. The maximum Gasteiger partial charge on any atom is 0.408 e. The summed E-state index contributed by atoms with van der Waals surface area (Å²) in [5.74, 6) is 3.16. The van der Waals surface area contributed by atoms with Gasteiger partial charge in [0.1, 0.15) is 17.7 Å². The number of rotatable bonds is 15. The number of amides is 3. The first-order valence-electron chi connectivity index (χ1n) is 14.0. The number of alkyl carbamates (subject to hydrolysis) is 1. The Kier molecular flexibility index (Phi) is 15.1. The number of nitrogens with one attached hydrogen (secondary N) is 2. The number of terminal acetylenes is 1. The Bertz CT molecular complexity index is 967. The average molecular weight is 560 g/mol. The van der Waals surface area contributed by atoms with E-state index >= 15 is 0 Å². The monoisotopic (exact) mass is 559 g/mol. The van der Waals surface area contributed by atoms with E-state index in [-0.39, 0.29) is 17.9 Å². The first-order chi connectivity index (χ1) is 18.4. The van der Waals surface area contributed by atoms with E-state index < -0.39 is 23.8 Å². The molecule has 0 aliphatic rings. The van der Waals surface area contributed by atoms with Crippen molar-refractivity contribution in [3.05, 3.63) is 35.4 Å². The molecular formula is C31H49N3O4S. The SMILES string of the molecule is C#Cc1ccccc1C(C(=O)NCCCC)N(C(=O)C(CCSC)NC(=O)OC(C)(C)C)C(C)CCC(C)C. The van der Waals surface area contributed by atoms with Crippen LogP contribution in [0, 0.1) is 18.3 Å². The van der Waals surface area contributed by atoms with Gasteiger partial charge in [0.2, 0.25) is 11.8 Å².